The van der Waals surface area contributed by atoms with Crippen molar-refractivity contribution in [2.24, 2.45) is 11.8 Å². The summed E-state index contributed by atoms with van der Waals surface area (Å²) in [5, 5.41) is 0.846. The van der Waals surface area contributed by atoms with Gasteiger partial charge in [-0.3, -0.25) is 9.59 Å². The number of imide groups is 1. The summed E-state index contributed by atoms with van der Waals surface area (Å²) in [6, 6.07) is 12.4. The van der Waals surface area contributed by atoms with E-state index in [9.17, 15) is 9.59 Å². The summed E-state index contributed by atoms with van der Waals surface area (Å²) in [6.07, 6.45) is 1.10. The molecule has 2 amide bonds. The molecule has 1 fully saturated rings. The minimum absolute atomic E-state index is 0.300. The van der Waals surface area contributed by atoms with Crippen molar-refractivity contribution in [3.63, 3.8) is 0 Å². The van der Waals surface area contributed by atoms with E-state index in [0.717, 1.165) is 25.1 Å². The Balaban J connectivity index is 1.86. The molecule has 2 aliphatic heterocycles. The zero-order valence-corrected chi connectivity index (χ0v) is 18.8. The predicted octanol–water partition coefficient (Wildman–Crippen LogP) is 5.56. The van der Waals surface area contributed by atoms with Crippen LogP contribution < -0.4 is 4.90 Å². The number of nitrogens with zero attached hydrogens (tertiary/aromatic N) is 2. The second-order valence-corrected chi connectivity index (χ2v) is 9.32. The molecule has 4 nitrogen and oxygen atoms in total. The molecular weight excluding hydrogens is 419 g/mol. The third-order valence-corrected chi connectivity index (χ3v) is 6.28. The fraction of sp³-hybridized carbons (Fsp3) is 0.333. The van der Waals surface area contributed by atoms with Crippen LogP contribution in [0.15, 0.2) is 48.2 Å². The van der Waals surface area contributed by atoms with E-state index in [1.54, 1.807) is 30.3 Å². The van der Waals surface area contributed by atoms with Crippen LogP contribution in [0.25, 0.3) is 5.57 Å². The number of amides is 2. The van der Waals surface area contributed by atoms with Crippen LogP contribution in [0, 0.1) is 18.8 Å². The molecule has 0 spiro atoms. The van der Waals surface area contributed by atoms with Crippen molar-refractivity contribution in [1.29, 1.82) is 0 Å². The molecule has 30 heavy (non-hydrogen) atoms. The minimum atomic E-state index is -0.353. The Kier molecular flexibility index (Phi) is 5.65. The second-order valence-electron chi connectivity index (χ2n) is 8.48. The Labute approximate surface area is 187 Å². The number of hydrogen-bond donors (Lipinski definition) is 0. The van der Waals surface area contributed by atoms with Crippen molar-refractivity contribution < 1.29 is 9.59 Å². The normalized spacial score (nSPS) is 22.3. The first-order valence-electron chi connectivity index (χ1n) is 10.2. The van der Waals surface area contributed by atoms with E-state index in [-0.39, 0.29) is 11.8 Å². The van der Waals surface area contributed by atoms with Gasteiger partial charge in [0.1, 0.15) is 5.70 Å². The summed E-state index contributed by atoms with van der Waals surface area (Å²) in [6.45, 7) is 7.79. The van der Waals surface area contributed by atoms with E-state index >= 15 is 0 Å². The standard InChI is InChI=1S/C24H24Cl2N2O2/c1-14-4-7-18(8-5-14)28-23(29)21(19-9-6-17(25)11-20(19)26)22(24(28)30)27-12-15(2)10-16(3)13-27/h4-9,11,15-16H,10,12-13H2,1-3H3. The van der Waals surface area contributed by atoms with Crippen molar-refractivity contribution >= 4 is 46.3 Å². The zero-order valence-electron chi connectivity index (χ0n) is 17.3. The average Bonchev–Trinajstić information content (AvgIpc) is 2.92. The summed E-state index contributed by atoms with van der Waals surface area (Å²) in [5.41, 5.74) is 2.94. The van der Waals surface area contributed by atoms with Crippen LogP contribution in [0.1, 0.15) is 31.4 Å². The van der Waals surface area contributed by atoms with Crippen LogP contribution in [0.3, 0.4) is 0 Å². The Hall–Kier alpha value is -2.30. The molecular formula is C24H24Cl2N2O2. The van der Waals surface area contributed by atoms with Gasteiger partial charge in [-0.15, -0.1) is 0 Å². The average molecular weight is 443 g/mol. The van der Waals surface area contributed by atoms with E-state index in [1.165, 1.54) is 4.90 Å². The second kappa shape index (κ2) is 8.09. The number of anilines is 1. The van der Waals surface area contributed by atoms with E-state index in [1.807, 2.05) is 19.1 Å². The van der Waals surface area contributed by atoms with Gasteiger partial charge in [-0.2, -0.15) is 0 Å². The van der Waals surface area contributed by atoms with Crippen LogP contribution in [0.2, 0.25) is 10.0 Å². The van der Waals surface area contributed by atoms with Gasteiger partial charge in [0.25, 0.3) is 11.8 Å². The first-order valence-corrected chi connectivity index (χ1v) is 10.9. The fourth-order valence-electron chi connectivity index (χ4n) is 4.52. The van der Waals surface area contributed by atoms with Gasteiger partial charge in [-0.05, 0) is 49.4 Å². The minimum Gasteiger partial charge on any atom is -0.366 e. The van der Waals surface area contributed by atoms with Crippen molar-refractivity contribution in [3.8, 4) is 0 Å². The number of rotatable bonds is 3. The predicted molar refractivity (Wildman–Crippen MR) is 122 cm³/mol. The Morgan fingerprint density at radius 3 is 2.13 bits per heavy atom. The van der Waals surface area contributed by atoms with Crippen molar-refractivity contribution in [1.82, 2.24) is 4.90 Å². The van der Waals surface area contributed by atoms with Gasteiger partial charge in [-0.25, -0.2) is 4.90 Å². The lowest BCUT2D eigenvalue weighted by atomic mass is 9.91. The van der Waals surface area contributed by atoms with Gasteiger partial charge in [0.05, 0.1) is 16.3 Å². The van der Waals surface area contributed by atoms with Gasteiger partial charge < -0.3 is 4.90 Å². The first-order chi connectivity index (χ1) is 14.3. The number of carbonyl (C=O) groups is 2. The Morgan fingerprint density at radius 2 is 1.53 bits per heavy atom. The van der Waals surface area contributed by atoms with E-state index in [0.29, 0.717) is 44.4 Å². The lowest BCUT2D eigenvalue weighted by molar-refractivity contribution is -0.120. The highest BCUT2D eigenvalue weighted by atomic mass is 35.5. The summed E-state index contributed by atoms with van der Waals surface area (Å²) in [5.74, 6) is 0.208. The van der Waals surface area contributed by atoms with Gasteiger partial charge in [0.15, 0.2) is 0 Å². The van der Waals surface area contributed by atoms with Crippen LogP contribution >= 0.6 is 23.2 Å². The molecule has 2 aromatic rings. The lowest BCUT2D eigenvalue weighted by Gasteiger charge is -2.37. The van der Waals surface area contributed by atoms with Crippen molar-refractivity contribution in [3.05, 3.63) is 69.3 Å². The smallest absolute Gasteiger partial charge is 0.282 e. The molecule has 0 aromatic heterocycles. The maximum absolute atomic E-state index is 13.6. The monoisotopic (exact) mass is 442 g/mol. The summed E-state index contributed by atoms with van der Waals surface area (Å²) >= 11 is 12.6. The number of benzene rings is 2. The van der Waals surface area contributed by atoms with Crippen LogP contribution in [0.4, 0.5) is 5.69 Å². The molecule has 2 heterocycles. The number of carbonyl (C=O) groups excluding carboxylic acids is 2. The van der Waals surface area contributed by atoms with Crippen molar-refractivity contribution in [2.75, 3.05) is 18.0 Å². The number of hydrogen-bond acceptors (Lipinski definition) is 3. The maximum Gasteiger partial charge on any atom is 0.282 e. The highest BCUT2D eigenvalue weighted by Crippen LogP contribution is 2.39. The third-order valence-electron chi connectivity index (χ3n) is 5.74. The summed E-state index contributed by atoms with van der Waals surface area (Å²) in [4.78, 5) is 30.5. The molecule has 0 saturated carbocycles. The molecule has 2 atom stereocenters. The molecule has 2 unspecified atom stereocenters. The molecule has 6 heteroatoms. The third kappa shape index (κ3) is 3.75. The fourth-order valence-corrected chi connectivity index (χ4v) is 5.02. The van der Waals surface area contributed by atoms with Gasteiger partial charge in [0, 0.05) is 23.7 Å². The Bertz CT molecular complexity index is 1040. The highest BCUT2D eigenvalue weighted by Gasteiger charge is 2.44. The summed E-state index contributed by atoms with van der Waals surface area (Å²) < 4.78 is 0. The number of halogens is 2. The van der Waals surface area contributed by atoms with Crippen LogP contribution in [0.5, 0.6) is 0 Å². The molecule has 0 aliphatic carbocycles. The molecule has 0 N–H and O–H groups in total. The zero-order chi connectivity index (χ0) is 21.6. The first kappa shape index (κ1) is 21.0. The molecule has 2 aliphatic rings. The van der Waals surface area contributed by atoms with Gasteiger partial charge in [0.2, 0.25) is 0 Å². The number of aryl methyl sites for hydroxylation is 1. The highest BCUT2D eigenvalue weighted by molar-refractivity contribution is 6.47. The SMILES string of the molecule is Cc1ccc(N2C(=O)C(c3ccc(Cl)cc3Cl)=C(N3CC(C)CC(C)C3)C2=O)cc1. The molecule has 1 saturated heterocycles. The summed E-state index contributed by atoms with van der Waals surface area (Å²) in [7, 11) is 0. The molecule has 2 aromatic carbocycles. The lowest BCUT2D eigenvalue weighted by Crippen LogP contribution is -2.42. The molecule has 156 valence electrons. The number of likely N-dealkylation sites (tertiary alicyclic amines) is 1. The van der Waals surface area contributed by atoms with Gasteiger partial charge >= 0.3 is 0 Å². The topological polar surface area (TPSA) is 40.6 Å². The van der Waals surface area contributed by atoms with Crippen molar-refractivity contribution in [2.45, 2.75) is 27.2 Å². The molecule has 4 rings (SSSR count). The Morgan fingerprint density at radius 1 is 0.900 bits per heavy atom. The number of piperidine rings is 1. The molecule has 0 radical (unpaired) electrons. The van der Waals surface area contributed by atoms with Gasteiger partial charge in [-0.1, -0.05) is 60.8 Å². The molecule has 0 bridgehead atoms. The van der Waals surface area contributed by atoms with E-state index in [4.69, 9.17) is 23.2 Å². The largest absolute Gasteiger partial charge is 0.366 e. The van der Waals surface area contributed by atoms with Crippen LogP contribution in [-0.4, -0.2) is 29.8 Å². The quantitative estimate of drug-likeness (QED) is 0.583. The van der Waals surface area contributed by atoms with Crippen LogP contribution in [-0.2, 0) is 9.59 Å². The van der Waals surface area contributed by atoms with E-state index < -0.39 is 0 Å². The van der Waals surface area contributed by atoms with E-state index in [2.05, 4.69) is 18.7 Å². The maximum atomic E-state index is 13.6.